The van der Waals surface area contributed by atoms with E-state index >= 15 is 0 Å². The van der Waals surface area contributed by atoms with Crippen LogP contribution < -0.4 is 0 Å². The first-order chi connectivity index (χ1) is 11.1. The number of fused-ring (bicyclic) bond motifs is 1. The zero-order valence-electron chi connectivity index (χ0n) is 14.2. The molecule has 0 amide bonds. The molecule has 2 atom stereocenters. The van der Waals surface area contributed by atoms with Crippen molar-refractivity contribution in [3.05, 3.63) is 47.5 Å². The third kappa shape index (κ3) is 2.31. The molecule has 2 aliphatic carbocycles. The Bertz CT molecular complexity index is 666. The Labute approximate surface area is 139 Å². The zero-order valence-corrected chi connectivity index (χ0v) is 14.2. The molecule has 1 aromatic carbocycles. The lowest BCUT2D eigenvalue weighted by Crippen LogP contribution is -2.43. The SMILES string of the molecule is C=Cc1ccc(C2=CCC3CC4(CC[C@]23C)OCCO4)cc1C. The van der Waals surface area contributed by atoms with E-state index in [9.17, 15) is 0 Å². The van der Waals surface area contributed by atoms with E-state index in [0.717, 1.165) is 38.9 Å². The van der Waals surface area contributed by atoms with Crippen LogP contribution in [-0.4, -0.2) is 19.0 Å². The van der Waals surface area contributed by atoms with Crippen molar-refractivity contribution in [2.45, 2.75) is 45.3 Å². The molecule has 3 aliphatic rings. The number of rotatable bonds is 2. The fraction of sp³-hybridized carbons (Fsp3) is 0.524. The van der Waals surface area contributed by atoms with Crippen LogP contribution in [0.3, 0.4) is 0 Å². The Morgan fingerprint density at radius 1 is 1.22 bits per heavy atom. The standard InChI is InChI=1S/C21H26O2/c1-4-16-5-6-17(13-15(16)2)19-8-7-18-14-21(22-11-12-23-21)10-9-20(18,19)3/h4-6,8,13,18H,1,7,9-12,14H2,2-3H3/t18?,20-/m0/s1. The summed E-state index contributed by atoms with van der Waals surface area (Å²) >= 11 is 0. The third-order valence-electron chi connectivity index (χ3n) is 6.32. The number of allylic oxidation sites excluding steroid dienone is 2. The Morgan fingerprint density at radius 2 is 2.00 bits per heavy atom. The first kappa shape index (κ1) is 15.2. The maximum atomic E-state index is 5.97. The van der Waals surface area contributed by atoms with Crippen molar-refractivity contribution in [2.75, 3.05) is 13.2 Å². The van der Waals surface area contributed by atoms with Gasteiger partial charge in [0.2, 0.25) is 0 Å². The molecule has 2 nitrogen and oxygen atoms in total. The molecule has 2 heteroatoms. The smallest absolute Gasteiger partial charge is 0.168 e. The van der Waals surface area contributed by atoms with E-state index in [2.05, 4.69) is 44.7 Å². The second-order valence-electron chi connectivity index (χ2n) is 7.56. The first-order valence-electron chi connectivity index (χ1n) is 8.78. The molecule has 4 rings (SSSR count). The molecule has 1 aromatic rings. The van der Waals surface area contributed by atoms with Crippen LogP contribution in [0.1, 0.15) is 49.3 Å². The summed E-state index contributed by atoms with van der Waals surface area (Å²) in [6, 6.07) is 6.78. The molecule has 1 spiro atoms. The van der Waals surface area contributed by atoms with E-state index in [4.69, 9.17) is 9.47 Å². The van der Waals surface area contributed by atoms with E-state index in [1.165, 1.54) is 22.3 Å². The lowest BCUT2D eigenvalue weighted by Gasteiger charge is -2.46. The highest BCUT2D eigenvalue weighted by Crippen LogP contribution is 2.59. The summed E-state index contributed by atoms with van der Waals surface area (Å²) in [6.45, 7) is 10.0. The van der Waals surface area contributed by atoms with Crippen LogP contribution >= 0.6 is 0 Å². The Hall–Kier alpha value is -1.38. The summed E-state index contributed by atoms with van der Waals surface area (Å²) in [7, 11) is 0. The highest BCUT2D eigenvalue weighted by Gasteiger charge is 2.53. The van der Waals surface area contributed by atoms with Crippen LogP contribution in [0.4, 0.5) is 0 Å². The maximum absolute atomic E-state index is 5.97. The molecular formula is C21H26O2. The molecule has 1 aliphatic heterocycles. The van der Waals surface area contributed by atoms with Crippen LogP contribution in [0.5, 0.6) is 0 Å². The fourth-order valence-corrected chi connectivity index (χ4v) is 4.83. The van der Waals surface area contributed by atoms with Gasteiger partial charge in [-0.05, 0) is 53.4 Å². The van der Waals surface area contributed by atoms with Gasteiger partial charge < -0.3 is 9.47 Å². The minimum atomic E-state index is -0.282. The second kappa shape index (κ2) is 5.32. The molecule has 122 valence electrons. The number of hydrogen-bond acceptors (Lipinski definition) is 2. The van der Waals surface area contributed by atoms with Gasteiger partial charge in [0.25, 0.3) is 0 Å². The van der Waals surface area contributed by atoms with Gasteiger partial charge in [-0.3, -0.25) is 0 Å². The third-order valence-corrected chi connectivity index (χ3v) is 6.32. The summed E-state index contributed by atoms with van der Waals surface area (Å²) in [5.41, 5.74) is 5.68. The Kier molecular flexibility index (Phi) is 3.51. The van der Waals surface area contributed by atoms with Crippen LogP contribution in [0.15, 0.2) is 30.9 Å². The van der Waals surface area contributed by atoms with E-state index in [-0.39, 0.29) is 11.2 Å². The molecule has 0 bridgehead atoms. The van der Waals surface area contributed by atoms with Crippen LogP contribution in [0, 0.1) is 18.3 Å². The Balaban J connectivity index is 1.62. The topological polar surface area (TPSA) is 18.5 Å². The van der Waals surface area contributed by atoms with Crippen molar-refractivity contribution in [3.8, 4) is 0 Å². The van der Waals surface area contributed by atoms with Gasteiger partial charge in [-0.2, -0.15) is 0 Å². The van der Waals surface area contributed by atoms with Crippen molar-refractivity contribution in [3.63, 3.8) is 0 Å². The predicted octanol–water partition coefficient (Wildman–Crippen LogP) is 4.97. The lowest BCUT2D eigenvalue weighted by atomic mass is 9.63. The van der Waals surface area contributed by atoms with E-state index in [1.807, 2.05) is 6.08 Å². The number of aryl methyl sites for hydroxylation is 1. The van der Waals surface area contributed by atoms with E-state index in [0.29, 0.717) is 5.92 Å². The van der Waals surface area contributed by atoms with Crippen LogP contribution in [0.25, 0.3) is 11.6 Å². The normalized spacial score (nSPS) is 31.9. The molecule has 23 heavy (non-hydrogen) atoms. The van der Waals surface area contributed by atoms with Gasteiger partial charge in [0.05, 0.1) is 13.2 Å². The lowest BCUT2D eigenvalue weighted by molar-refractivity contribution is -0.198. The summed E-state index contributed by atoms with van der Waals surface area (Å²) in [5.74, 6) is 0.347. The summed E-state index contributed by atoms with van der Waals surface area (Å²) in [4.78, 5) is 0. The largest absolute Gasteiger partial charge is 0.348 e. The second-order valence-corrected chi connectivity index (χ2v) is 7.56. The molecule has 2 fully saturated rings. The number of benzene rings is 1. The van der Waals surface area contributed by atoms with Crippen LogP contribution in [0.2, 0.25) is 0 Å². The van der Waals surface area contributed by atoms with Crippen molar-refractivity contribution >= 4 is 11.6 Å². The minimum Gasteiger partial charge on any atom is -0.348 e. The minimum absolute atomic E-state index is 0.253. The van der Waals surface area contributed by atoms with Gasteiger partial charge in [-0.15, -0.1) is 0 Å². The summed E-state index contributed by atoms with van der Waals surface area (Å²) < 4.78 is 11.9. The molecular weight excluding hydrogens is 284 g/mol. The number of hydrogen-bond donors (Lipinski definition) is 0. The molecule has 1 saturated heterocycles. The van der Waals surface area contributed by atoms with Gasteiger partial charge in [0.1, 0.15) is 0 Å². The zero-order chi connectivity index (χ0) is 16.1. The van der Waals surface area contributed by atoms with Crippen molar-refractivity contribution in [1.82, 2.24) is 0 Å². The fourth-order valence-electron chi connectivity index (χ4n) is 4.83. The van der Waals surface area contributed by atoms with Crippen LogP contribution in [-0.2, 0) is 9.47 Å². The maximum Gasteiger partial charge on any atom is 0.168 e. The Morgan fingerprint density at radius 3 is 2.70 bits per heavy atom. The monoisotopic (exact) mass is 310 g/mol. The molecule has 0 aromatic heterocycles. The highest BCUT2D eigenvalue weighted by molar-refractivity contribution is 5.74. The van der Waals surface area contributed by atoms with Gasteiger partial charge >= 0.3 is 0 Å². The van der Waals surface area contributed by atoms with E-state index in [1.54, 1.807) is 0 Å². The highest BCUT2D eigenvalue weighted by atomic mass is 16.7. The van der Waals surface area contributed by atoms with E-state index < -0.39 is 0 Å². The predicted molar refractivity (Wildman–Crippen MR) is 93.9 cm³/mol. The van der Waals surface area contributed by atoms with Crippen molar-refractivity contribution in [1.29, 1.82) is 0 Å². The molecule has 0 N–H and O–H groups in total. The van der Waals surface area contributed by atoms with Gasteiger partial charge in [0, 0.05) is 12.8 Å². The molecule has 1 unspecified atom stereocenters. The van der Waals surface area contributed by atoms with Gasteiger partial charge in [-0.25, -0.2) is 0 Å². The number of ether oxygens (including phenoxy) is 2. The first-order valence-corrected chi connectivity index (χ1v) is 8.78. The quantitative estimate of drug-likeness (QED) is 0.767. The van der Waals surface area contributed by atoms with Gasteiger partial charge in [0.15, 0.2) is 5.79 Å². The average Bonchev–Trinajstić information content (AvgIpc) is 3.13. The summed E-state index contributed by atoms with van der Waals surface area (Å²) in [5, 5.41) is 0. The van der Waals surface area contributed by atoms with Gasteiger partial charge in [-0.1, -0.05) is 43.9 Å². The molecule has 0 radical (unpaired) electrons. The van der Waals surface area contributed by atoms with Crippen molar-refractivity contribution in [2.24, 2.45) is 11.3 Å². The average molecular weight is 310 g/mol. The van der Waals surface area contributed by atoms with Crippen molar-refractivity contribution < 1.29 is 9.47 Å². The molecule has 1 heterocycles. The summed E-state index contributed by atoms with van der Waals surface area (Å²) in [6.07, 6.45) is 8.73. The molecule has 1 saturated carbocycles.